The molecule has 28 heavy (non-hydrogen) atoms. The molecule has 0 aliphatic carbocycles. The van der Waals surface area contributed by atoms with E-state index in [1.807, 2.05) is 13.0 Å². The third-order valence-electron chi connectivity index (χ3n) is 4.52. The first-order valence-corrected chi connectivity index (χ1v) is 9.37. The van der Waals surface area contributed by atoms with Gasteiger partial charge in [-0.25, -0.2) is 4.79 Å². The molecule has 9 heteroatoms. The number of benzene rings is 1. The summed E-state index contributed by atoms with van der Waals surface area (Å²) >= 11 is 1.34. The molecule has 0 saturated carbocycles. The molecule has 1 fully saturated rings. The highest BCUT2D eigenvalue weighted by Gasteiger charge is 2.49. The molecule has 0 unspecified atom stereocenters. The van der Waals surface area contributed by atoms with Gasteiger partial charge in [-0.1, -0.05) is 19.1 Å². The van der Waals surface area contributed by atoms with Crippen LogP contribution in [0.1, 0.15) is 34.0 Å². The quantitative estimate of drug-likeness (QED) is 0.562. The van der Waals surface area contributed by atoms with Gasteiger partial charge in [-0.2, -0.15) is 8.78 Å². The number of nitrogens with one attached hydrogen (secondary N) is 1. The van der Waals surface area contributed by atoms with Crippen molar-refractivity contribution in [3.8, 4) is 5.75 Å². The second kappa shape index (κ2) is 7.67. The number of imide groups is 1. The zero-order valence-corrected chi connectivity index (χ0v) is 16.0. The van der Waals surface area contributed by atoms with E-state index < -0.39 is 24.1 Å². The number of amides is 3. The number of thiophene rings is 1. The normalized spacial score (nSPS) is 19.2. The van der Waals surface area contributed by atoms with Crippen molar-refractivity contribution >= 4 is 29.1 Å². The molecule has 6 nitrogen and oxygen atoms in total. The number of carbonyl (C=O) groups excluding carboxylic acids is 3. The highest BCUT2D eigenvalue weighted by Crippen LogP contribution is 2.30. The van der Waals surface area contributed by atoms with Crippen LogP contribution in [0.4, 0.5) is 13.6 Å². The summed E-state index contributed by atoms with van der Waals surface area (Å²) in [7, 11) is 0. The van der Waals surface area contributed by atoms with Gasteiger partial charge in [-0.05, 0) is 43.2 Å². The van der Waals surface area contributed by atoms with Crippen LogP contribution < -0.4 is 10.1 Å². The Morgan fingerprint density at radius 1 is 1.21 bits per heavy atom. The predicted octanol–water partition coefficient (Wildman–Crippen LogP) is 3.56. The van der Waals surface area contributed by atoms with E-state index in [2.05, 4.69) is 10.1 Å². The number of rotatable bonds is 7. The Kier molecular flexibility index (Phi) is 5.46. The number of nitrogens with zero attached hydrogens (tertiary/aromatic N) is 1. The molecule has 148 valence electrons. The molecule has 2 heterocycles. The largest absolute Gasteiger partial charge is 0.435 e. The molecule has 0 radical (unpaired) electrons. The molecule has 2 aromatic rings. The molecular formula is C19H18F2N2O4S. The first kappa shape index (κ1) is 19.9. The van der Waals surface area contributed by atoms with E-state index in [9.17, 15) is 23.2 Å². The number of ketones is 1. The summed E-state index contributed by atoms with van der Waals surface area (Å²) in [5, 5.41) is 2.58. The zero-order valence-electron chi connectivity index (χ0n) is 15.2. The van der Waals surface area contributed by atoms with Gasteiger partial charge < -0.3 is 10.1 Å². The zero-order chi connectivity index (χ0) is 20.5. The molecule has 1 aliphatic rings. The maximum absolute atomic E-state index is 12.9. The molecule has 1 N–H and O–H groups in total. The number of aryl methyl sites for hydroxylation is 1. The van der Waals surface area contributed by atoms with Crippen molar-refractivity contribution in [3.05, 3.63) is 51.7 Å². The molecule has 1 atom stereocenters. The van der Waals surface area contributed by atoms with Crippen molar-refractivity contribution in [1.29, 1.82) is 0 Å². The first-order valence-electron chi connectivity index (χ1n) is 8.56. The summed E-state index contributed by atoms with van der Waals surface area (Å²) in [6, 6.07) is 8.28. The SMILES string of the molecule is CCc1ccc(C(=O)CN2C(=O)N[C@](C)(c3ccc(OC(F)F)cc3)C2=O)s1. The van der Waals surface area contributed by atoms with Crippen LogP contribution in [0, 0.1) is 0 Å². The molecule has 0 bridgehead atoms. The second-order valence-electron chi connectivity index (χ2n) is 6.39. The number of urea groups is 1. The van der Waals surface area contributed by atoms with Crippen LogP contribution in [0.15, 0.2) is 36.4 Å². The summed E-state index contributed by atoms with van der Waals surface area (Å²) in [4.78, 5) is 40.1. The van der Waals surface area contributed by atoms with E-state index in [1.165, 1.54) is 42.5 Å². The van der Waals surface area contributed by atoms with E-state index in [0.29, 0.717) is 10.4 Å². The third kappa shape index (κ3) is 3.75. The van der Waals surface area contributed by atoms with Crippen LogP contribution in [-0.2, 0) is 16.8 Å². The minimum atomic E-state index is -2.96. The Bertz CT molecular complexity index is 913. The standard InChI is InChI=1S/C19H18F2N2O4S/c1-3-13-8-9-15(28-13)14(24)10-23-16(25)19(2,22-18(23)26)11-4-6-12(7-5-11)27-17(20)21/h4-9,17H,3,10H2,1-2H3,(H,22,26)/t19-/m1/s1. The molecule has 3 amide bonds. The van der Waals surface area contributed by atoms with Crippen molar-refractivity contribution in [1.82, 2.24) is 10.2 Å². The Balaban J connectivity index is 1.77. The highest BCUT2D eigenvalue weighted by atomic mass is 32.1. The van der Waals surface area contributed by atoms with Crippen molar-refractivity contribution in [2.45, 2.75) is 32.4 Å². The third-order valence-corrected chi connectivity index (χ3v) is 5.79. The van der Waals surface area contributed by atoms with Crippen LogP contribution in [-0.4, -0.2) is 35.8 Å². The number of halogens is 2. The van der Waals surface area contributed by atoms with Crippen LogP contribution in [0.25, 0.3) is 0 Å². The van der Waals surface area contributed by atoms with E-state index in [0.717, 1.165) is 16.2 Å². The minimum Gasteiger partial charge on any atom is -0.435 e. The first-order chi connectivity index (χ1) is 13.2. The minimum absolute atomic E-state index is 0.0596. The number of Topliss-reactive ketones (excluding diaryl/α,β-unsaturated/α-hetero) is 1. The molecule has 1 aliphatic heterocycles. The van der Waals surface area contributed by atoms with Gasteiger partial charge in [0.1, 0.15) is 11.3 Å². The van der Waals surface area contributed by atoms with E-state index in [-0.39, 0.29) is 18.1 Å². The summed E-state index contributed by atoms with van der Waals surface area (Å²) in [6.07, 6.45) is 0.796. The lowest BCUT2D eigenvalue weighted by atomic mass is 9.92. The van der Waals surface area contributed by atoms with Gasteiger partial charge in [-0.3, -0.25) is 14.5 Å². The molecular weight excluding hydrogens is 390 g/mol. The summed E-state index contributed by atoms with van der Waals surface area (Å²) in [6.45, 7) is 0.152. The average molecular weight is 408 g/mol. The molecule has 1 saturated heterocycles. The van der Waals surface area contributed by atoms with Crippen LogP contribution in [0.5, 0.6) is 5.75 Å². The predicted molar refractivity (Wildman–Crippen MR) is 98.7 cm³/mol. The van der Waals surface area contributed by atoms with Crippen LogP contribution in [0.3, 0.4) is 0 Å². The van der Waals surface area contributed by atoms with Gasteiger partial charge >= 0.3 is 12.6 Å². The fourth-order valence-electron chi connectivity index (χ4n) is 2.95. The van der Waals surface area contributed by atoms with Gasteiger partial charge in [0, 0.05) is 4.88 Å². The Morgan fingerprint density at radius 3 is 2.46 bits per heavy atom. The highest BCUT2D eigenvalue weighted by molar-refractivity contribution is 7.14. The topological polar surface area (TPSA) is 75.7 Å². The molecule has 0 spiro atoms. The van der Waals surface area contributed by atoms with Gasteiger partial charge in [0.25, 0.3) is 5.91 Å². The lowest BCUT2D eigenvalue weighted by Gasteiger charge is -2.22. The Hall–Kier alpha value is -2.81. The fourth-order valence-corrected chi connectivity index (χ4v) is 3.82. The van der Waals surface area contributed by atoms with Crippen LogP contribution >= 0.6 is 11.3 Å². The van der Waals surface area contributed by atoms with Crippen LogP contribution in [0.2, 0.25) is 0 Å². The Morgan fingerprint density at radius 2 is 1.89 bits per heavy atom. The van der Waals surface area contributed by atoms with Crippen molar-refractivity contribution in [2.75, 3.05) is 6.54 Å². The van der Waals surface area contributed by atoms with E-state index in [4.69, 9.17) is 0 Å². The van der Waals surface area contributed by atoms with Gasteiger partial charge in [-0.15, -0.1) is 11.3 Å². The van der Waals surface area contributed by atoms with E-state index >= 15 is 0 Å². The number of carbonyl (C=O) groups is 3. The summed E-state index contributed by atoms with van der Waals surface area (Å²) in [5.41, 5.74) is -1.00. The number of ether oxygens (including phenoxy) is 1. The number of alkyl halides is 2. The number of hydrogen-bond donors (Lipinski definition) is 1. The fraction of sp³-hybridized carbons (Fsp3) is 0.316. The summed E-state index contributed by atoms with van der Waals surface area (Å²) in [5.74, 6) is -0.964. The molecule has 1 aromatic heterocycles. The monoisotopic (exact) mass is 408 g/mol. The average Bonchev–Trinajstić information content (AvgIpc) is 3.21. The second-order valence-corrected chi connectivity index (χ2v) is 7.56. The molecule has 3 rings (SSSR count). The van der Waals surface area contributed by atoms with Crippen molar-refractivity contribution in [2.24, 2.45) is 0 Å². The van der Waals surface area contributed by atoms with Gasteiger partial charge in [0.15, 0.2) is 5.78 Å². The van der Waals surface area contributed by atoms with Crippen molar-refractivity contribution < 1.29 is 27.9 Å². The Labute approximate surface area is 164 Å². The summed E-state index contributed by atoms with van der Waals surface area (Å²) < 4.78 is 28.8. The lowest BCUT2D eigenvalue weighted by Crippen LogP contribution is -2.41. The maximum Gasteiger partial charge on any atom is 0.387 e. The van der Waals surface area contributed by atoms with E-state index in [1.54, 1.807) is 6.07 Å². The lowest BCUT2D eigenvalue weighted by molar-refractivity contribution is -0.130. The van der Waals surface area contributed by atoms with Gasteiger partial charge in [0.05, 0.1) is 11.4 Å². The van der Waals surface area contributed by atoms with Gasteiger partial charge in [0.2, 0.25) is 0 Å². The maximum atomic E-state index is 12.9. The smallest absolute Gasteiger partial charge is 0.387 e. The number of hydrogen-bond acceptors (Lipinski definition) is 5. The molecule has 1 aromatic carbocycles. The van der Waals surface area contributed by atoms with Crippen molar-refractivity contribution in [3.63, 3.8) is 0 Å².